The van der Waals surface area contributed by atoms with Crippen molar-refractivity contribution in [3.05, 3.63) is 42.1 Å². The Hall–Kier alpha value is -1.98. The fourth-order valence-corrected chi connectivity index (χ4v) is 2.75. The minimum absolute atomic E-state index is 0.0659. The first-order chi connectivity index (χ1) is 10.8. The van der Waals surface area contributed by atoms with E-state index in [4.69, 9.17) is 4.74 Å². The summed E-state index contributed by atoms with van der Waals surface area (Å²) in [7, 11) is 0. The van der Waals surface area contributed by atoms with Crippen molar-refractivity contribution in [3.63, 3.8) is 0 Å². The molecule has 2 aromatic rings. The van der Waals surface area contributed by atoms with Gasteiger partial charge in [-0.15, -0.1) is 0 Å². The van der Waals surface area contributed by atoms with E-state index in [1.165, 1.54) is 0 Å². The van der Waals surface area contributed by atoms with Crippen LogP contribution in [-0.4, -0.2) is 43.2 Å². The van der Waals surface area contributed by atoms with Gasteiger partial charge in [0.15, 0.2) is 0 Å². The Morgan fingerprint density at radius 3 is 3.14 bits per heavy atom. The normalized spacial score (nSPS) is 18.3. The van der Waals surface area contributed by atoms with E-state index >= 15 is 0 Å². The zero-order valence-corrected chi connectivity index (χ0v) is 12.5. The summed E-state index contributed by atoms with van der Waals surface area (Å²) < 4.78 is 5.35. The smallest absolute Gasteiger partial charge is 0.221 e. The summed E-state index contributed by atoms with van der Waals surface area (Å²) in [5.74, 6) is 0.0659. The number of carbonyl (C=O) groups excluding carboxylic acids is 1. The lowest BCUT2D eigenvalue weighted by Crippen LogP contribution is -2.44. The van der Waals surface area contributed by atoms with E-state index in [1.54, 1.807) is 6.20 Å². The number of carbonyl (C=O) groups is 1. The third kappa shape index (κ3) is 3.81. The fourth-order valence-electron chi connectivity index (χ4n) is 2.75. The highest BCUT2D eigenvalue weighted by molar-refractivity contribution is 5.81. The predicted molar refractivity (Wildman–Crippen MR) is 85.7 cm³/mol. The summed E-state index contributed by atoms with van der Waals surface area (Å²) in [6, 6.07) is 10.3. The van der Waals surface area contributed by atoms with Gasteiger partial charge in [-0.25, -0.2) is 0 Å². The second kappa shape index (κ2) is 7.33. The number of ether oxygens (including phenoxy) is 1. The molecule has 5 heteroatoms. The highest BCUT2D eigenvalue weighted by atomic mass is 16.5. The number of benzene rings is 1. The molecule has 1 unspecified atom stereocenters. The summed E-state index contributed by atoms with van der Waals surface area (Å²) in [4.78, 5) is 16.4. The molecule has 5 nitrogen and oxygen atoms in total. The van der Waals surface area contributed by atoms with Crippen LogP contribution >= 0.6 is 0 Å². The van der Waals surface area contributed by atoms with E-state index in [0.29, 0.717) is 19.6 Å². The van der Waals surface area contributed by atoms with Crippen LogP contribution < -0.4 is 10.6 Å². The van der Waals surface area contributed by atoms with E-state index in [0.717, 1.165) is 36.0 Å². The van der Waals surface area contributed by atoms with E-state index in [1.807, 2.05) is 12.1 Å². The lowest BCUT2D eigenvalue weighted by atomic mass is 10.1. The maximum absolute atomic E-state index is 11.9. The third-order valence-electron chi connectivity index (χ3n) is 3.86. The van der Waals surface area contributed by atoms with Crippen molar-refractivity contribution in [1.82, 2.24) is 15.6 Å². The van der Waals surface area contributed by atoms with Crippen LogP contribution in [-0.2, 0) is 16.0 Å². The summed E-state index contributed by atoms with van der Waals surface area (Å²) in [6.45, 7) is 2.79. The fraction of sp³-hybridized carbons (Fsp3) is 0.412. The van der Waals surface area contributed by atoms with E-state index < -0.39 is 0 Å². The van der Waals surface area contributed by atoms with Gasteiger partial charge in [0.25, 0.3) is 0 Å². The minimum atomic E-state index is 0.0659. The molecule has 2 heterocycles. The van der Waals surface area contributed by atoms with Crippen LogP contribution in [0.25, 0.3) is 10.9 Å². The van der Waals surface area contributed by atoms with Crippen molar-refractivity contribution < 1.29 is 9.53 Å². The van der Waals surface area contributed by atoms with E-state index in [-0.39, 0.29) is 11.9 Å². The van der Waals surface area contributed by atoms with E-state index in [9.17, 15) is 4.79 Å². The number of rotatable bonds is 5. The van der Waals surface area contributed by atoms with Gasteiger partial charge < -0.3 is 15.4 Å². The highest BCUT2D eigenvalue weighted by Gasteiger charge is 2.16. The third-order valence-corrected chi connectivity index (χ3v) is 3.86. The standard InChI is InChI=1S/C17H21N3O2/c21-16(11-15-12-22-10-9-18-15)19-8-6-14-4-1-3-13-5-2-7-20-17(13)14/h1-5,7,15,18H,6,8-12H2,(H,19,21). The van der Waals surface area contributed by atoms with Gasteiger partial charge in [-0.1, -0.05) is 24.3 Å². The Morgan fingerprint density at radius 1 is 1.36 bits per heavy atom. The zero-order chi connectivity index (χ0) is 15.2. The monoisotopic (exact) mass is 299 g/mol. The maximum atomic E-state index is 11.9. The van der Waals surface area contributed by atoms with Crippen molar-refractivity contribution >= 4 is 16.8 Å². The van der Waals surface area contributed by atoms with Crippen molar-refractivity contribution in [3.8, 4) is 0 Å². The summed E-state index contributed by atoms with van der Waals surface area (Å²) in [5.41, 5.74) is 2.18. The number of hydrogen-bond donors (Lipinski definition) is 2. The zero-order valence-electron chi connectivity index (χ0n) is 12.5. The molecule has 1 fully saturated rings. The topological polar surface area (TPSA) is 63.2 Å². The average molecular weight is 299 g/mol. The number of pyridine rings is 1. The Balaban J connectivity index is 1.50. The van der Waals surface area contributed by atoms with Crippen LogP contribution in [0.5, 0.6) is 0 Å². The average Bonchev–Trinajstić information content (AvgIpc) is 2.56. The Bertz CT molecular complexity index is 633. The molecule has 0 aliphatic carbocycles. The maximum Gasteiger partial charge on any atom is 0.221 e. The van der Waals surface area contributed by atoms with Gasteiger partial charge in [-0.2, -0.15) is 0 Å². The van der Waals surface area contributed by atoms with Gasteiger partial charge in [0.1, 0.15) is 0 Å². The molecule has 1 aliphatic rings. The molecule has 22 heavy (non-hydrogen) atoms. The summed E-state index contributed by atoms with van der Waals surface area (Å²) in [6.07, 6.45) is 3.06. The molecule has 1 atom stereocenters. The second-order valence-corrected chi connectivity index (χ2v) is 5.52. The number of para-hydroxylation sites is 1. The van der Waals surface area contributed by atoms with Crippen LogP contribution in [0.15, 0.2) is 36.5 Å². The highest BCUT2D eigenvalue weighted by Crippen LogP contribution is 2.15. The number of morpholine rings is 1. The molecule has 0 radical (unpaired) electrons. The molecule has 0 spiro atoms. The quantitative estimate of drug-likeness (QED) is 0.873. The number of hydrogen-bond acceptors (Lipinski definition) is 4. The first-order valence-corrected chi connectivity index (χ1v) is 7.73. The first-order valence-electron chi connectivity index (χ1n) is 7.73. The summed E-state index contributed by atoms with van der Waals surface area (Å²) >= 11 is 0. The number of aromatic nitrogens is 1. The molecule has 1 aromatic carbocycles. The van der Waals surface area contributed by atoms with E-state index in [2.05, 4.69) is 33.8 Å². The molecular formula is C17H21N3O2. The van der Waals surface area contributed by atoms with Crippen LogP contribution in [0.4, 0.5) is 0 Å². The van der Waals surface area contributed by atoms with Gasteiger partial charge in [0, 0.05) is 37.1 Å². The summed E-state index contributed by atoms with van der Waals surface area (Å²) in [5, 5.41) is 7.40. The van der Waals surface area contributed by atoms with Gasteiger partial charge in [-0.05, 0) is 18.1 Å². The Labute approximate surface area is 130 Å². The number of nitrogens with one attached hydrogen (secondary N) is 2. The van der Waals surface area contributed by atoms with Gasteiger partial charge in [0.2, 0.25) is 5.91 Å². The van der Waals surface area contributed by atoms with Gasteiger partial charge >= 0.3 is 0 Å². The van der Waals surface area contributed by atoms with Crippen LogP contribution in [0.1, 0.15) is 12.0 Å². The lowest BCUT2D eigenvalue weighted by molar-refractivity contribution is -0.122. The van der Waals surface area contributed by atoms with Crippen LogP contribution in [0.2, 0.25) is 0 Å². The van der Waals surface area contributed by atoms with Crippen molar-refractivity contribution in [2.45, 2.75) is 18.9 Å². The van der Waals surface area contributed by atoms with Crippen LogP contribution in [0, 0.1) is 0 Å². The predicted octanol–water partition coefficient (Wildman–Crippen LogP) is 1.27. The molecule has 3 rings (SSSR count). The number of amides is 1. The molecule has 2 N–H and O–H groups in total. The molecule has 1 aliphatic heterocycles. The molecule has 1 aromatic heterocycles. The Kier molecular flexibility index (Phi) is 4.98. The van der Waals surface area contributed by atoms with Gasteiger partial charge in [0.05, 0.1) is 18.7 Å². The van der Waals surface area contributed by atoms with Crippen molar-refractivity contribution in [2.24, 2.45) is 0 Å². The van der Waals surface area contributed by atoms with Crippen molar-refractivity contribution in [2.75, 3.05) is 26.3 Å². The molecule has 116 valence electrons. The molecule has 1 saturated heterocycles. The molecular weight excluding hydrogens is 278 g/mol. The molecule has 1 amide bonds. The van der Waals surface area contributed by atoms with Crippen molar-refractivity contribution in [1.29, 1.82) is 0 Å². The minimum Gasteiger partial charge on any atom is -0.378 e. The molecule has 0 bridgehead atoms. The van der Waals surface area contributed by atoms with Gasteiger partial charge in [-0.3, -0.25) is 9.78 Å². The molecule has 0 saturated carbocycles. The van der Waals surface area contributed by atoms with Crippen LogP contribution in [0.3, 0.4) is 0 Å². The lowest BCUT2D eigenvalue weighted by Gasteiger charge is -2.23. The number of fused-ring (bicyclic) bond motifs is 1. The largest absolute Gasteiger partial charge is 0.378 e. The Morgan fingerprint density at radius 2 is 2.27 bits per heavy atom. The number of nitrogens with zero attached hydrogens (tertiary/aromatic N) is 1. The SMILES string of the molecule is O=C(CC1COCCN1)NCCc1cccc2cccnc12. The first kappa shape index (κ1) is 14.9. The second-order valence-electron chi connectivity index (χ2n) is 5.52.